The minimum Gasteiger partial charge on any atom is -0.494 e. The van der Waals surface area contributed by atoms with E-state index in [2.05, 4.69) is 38.1 Å². The van der Waals surface area contributed by atoms with Gasteiger partial charge in [-0.15, -0.1) is 0 Å². The van der Waals surface area contributed by atoms with Gasteiger partial charge in [0, 0.05) is 0 Å². The standard InChI is InChI=1S/C34H50O4/c1-3-5-7-9-11-12-26-37-32-20-16-29(17-21-32)28-14-18-31(19-15-28)34(36)24-22-30(23-25-34)33(35)38-27-13-10-8-6-4-2/h14-21,30,36H,3-13,22-27H2,1-2H3. The molecule has 1 aliphatic carbocycles. The largest absolute Gasteiger partial charge is 0.494 e. The van der Waals surface area contributed by atoms with Gasteiger partial charge in [0.1, 0.15) is 5.75 Å². The van der Waals surface area contributed by atoms with Crippen LogP contribution in [0.4, 0.5) is 0 Å². The number of esters is 1. The van der Waals surface area contributed by atoms with E-state index < -0.39 is 5.60 Å². The van der Waals surface area contributed by atoms with Crippen molar-refractivity contribution in [3.05, 3.63) is 54.1 Å². The number of hydrogen-bond donors (Lipinski definition) is 1. The van der Waals surface area contributed by atoms with Crippen molar-refractivity contribution in [1.29, 1.82) is 0 Å². The molecule has 1 N–H and O–H groups in total. The van der Waals surface area contributed by atoms with Gasteiger partial charge in [-0.2, -0.15) is 0 Å². The van der Waals surface area contributed by atoms with Gasteiger partial charge in [0.05, 0.1) is 24.7 Å². The van der Waals surface area contributed by atoms with Crippen LogP contribution in [0.3, 0.4) is 0 Å². The summed E-state index contributed by atoms with van der Waals surface area (Å²) in [4.78, 5) is 12.5. The van der Waals surface area contributed by atoms with Gasteiger partial charge >= 0.3 is 5.97 Å². The van der Waals surface area contributed by atoms with Crippen LogP contribution in [0.1, 0.15) is 116 Å². The maximum atomic E-state index is 12.5. The van der Waals surface area contributed by atoms with Crippen molar-refractivity contribution in [2.45, 2.75) is 116 Å². The van der Waals surface area contributed by atoms with Crippen molar-refractivity contribution in [1.82, 2.24) is 0 Å². The molecular weight excluding hydrogens is 472 g/mol. The maximum Gasteiger partial charge on any atom is 0.308 e. The number of unbranched alkanes of at least 4 members (excludes halogenated alkanes) is 9. The fourth-order valence-electron chi connectivity index (χ4n) is 5.40. The fourth-order valence-corrected chi connectivity index (χ4v) is 5.40. The van der Waals surface area contributed by atoms with E-state index in [1.165, 1.54) is 51.4 Å². The third-order valence-corrected chi connectivity index (χ3v) is 8.01. The lowest BCUT2D eigenvalue weighted by atomic mass is 9.75. The molecule has 0 bridgehead atoms. The van der Waals surface area contributed by atoms with E-state index in [1.54, 1.807) is 0 Å². The van der Waals surface area contributed by atoms with Crippen molar-refractivity contribution < 1.29 is 19.4 Å². The minimum absolute atomic E-state index is 0.0858. The van der Waals surface area contributed by atoms with Crippen LogP contribution in [0.15, 0.2) is 48.5 Å². The summed E-state index contributed by atoms with van der Waals surface area (Å²) in [6.07, 6.45) is 15.9. The lowest BCUT2D eigenvalue weighted by Gasteiger charge is -2.35. The number of rotatable bonds is 17. The topological polar surface area (TPSA) is 55.8 Å². The molecule has 38 heavy (non-hydrogen) atoms. The second kappa shape index (κ2) is 16.6. The quantitative estimate of drug-likeness (QED) is 0.166. The molecule has 1 saturated carbocycles. The minimum atomic E-state index is -0.871. The molecule has 4 nitrogen and oxygen atoms in total. The summed E-state index contributed by atoms with van der Waals surface area (Å²) in [7, 11) is 0. The molecule has 0 heterocycles. The van der Waals surface area contributed by atoms with Crippen LogP contribution in [-0.4, -0.2) is 24.3 Å². The fraction of sp³-hybridized carbons (Fsp3) is 0.618. The average Bonchev–Trinajstić information content (AvgIpc) is 2.95. The lowest BCUT2D eigenvalue weighted by Crippen LogP contribution is -2.34. The van der Waals surface area contributed by atoms with Crippen molar-refractivity contribution in [3.63, 3.8) is 0 Å². The summed E-state index contributed by atoms with van der Waals surface area (Å²) in [5.41, 5.74) is 2.32. The molecular formula is C34H50O4. The predicted molar refractivity (Wildman–Crippen MR) is 156 cm³/mol. The van der Waals surface area contributed by atoms with E-state index in [0.717, 1.165) is 48.3 Å². The van der Waals surface area contributed by atoms with Gasteiger partial charge in [0.25, 0.3) is 0 Å². The molecule has 0 radical (unpaired) electrons. The van der Waals surface area contributed by atoms with E-state index >= 15 is 0 Å². The van der Waals surface area contributed by atoms with E-state index in [0.29, 0.717) is 32.3 Å². The smallest absolute Gasteiger partial charge is 0.308 e. The second-order valence-electron chi connectivity index (χ2n) is 11.1. The normalized spacial score (nSPS) is 19.3. The number of ether oxygens (including phenoxy) is 2. The van der Waals surface area contributed by atoms with Gasteiger partial charge in [0.2, 0.25) is 0 Å². The Morgan fingerprint density at radius 3 is 1.82 bits per heavy atom. The monoisotopic (exact) mass is 522 g/mol. The molecule has 3 rings (SSSR count). The molecule has 1 aliphatic rings. The molecule has 210 valence electrons. The van der Waals surface area contributed by atoms with Crippen molar-refractivity contribution >= 4 is 5.97 Å². The molecule has 0 atom stereocenters. The lowest BCUT2D eigenvalue weighted by molar-refractivity contribution is -0.152. The summed E-state index contributed by atoms with van der Waals surface area (Å²) < 4.78 is 11.4. The highest BCUT2D eigenvalue weighted by atomic mass is 16.5. The van der Waals surface area contributed by atoms with Crippen LogP contribution in [0.5, 0.6) is 5.75 Å². The van der Waals surface area contributed by atoms with E-state index in [9.17, 15) is 9.90 Å². The molecule has 0 unspecified atom stereocenters. The molecule has 0 aliphatic heterocycles. The van der Waals surface area contributed by atoms with Crippen LogP contribution >= 0.6 is 0 Å². The number of benzene rings is 2. The van der Waals surface area contributed by atoms with Gasteiger partial charge in [-0.25, -0.2) is 0 Å². The number of aliphatic hydroxyl groups is 1. The number of carbonyl (C=O) groups is 1. The first-order chi connectivity index (χ1) is 18.6. The van der Waals surface area contributed by atoms with E-state index in [-0.39, 0.29) is 11.9 Å². The van der Waals surface area contributed by atoms with Gasteiger partial charge in [-0.05, 0) is 67.3 Å². The first-order valence-corrected chi connectivity index (χ1v) is 15.3. The summed E-state index contributed by atoms with van der Waals surface area (Å²) in [5, 5.41) is 11.3. The molecule has 2 aromatic rings. The van der Waals surface area contributed by atoms with E-state index in [1.807, 2.05) is 24.3 Å². The Balaban J connectivity index is 1.41. The van der Waals surface area contributed by atoms with Gasteiger partial charge in [-0.3, -0.25) is 4.79 Å². The van der Waals surface area contributed by atoms with Gasteiger partial charge in [-0.1, -0.05) is 108 Å². The van der Waals surface area contributed by atoms with Gasteiger partial charge < -0.3 is 14.6 Å². The van der Waals surface area contributed by atoms with Crippen LogP contribution in [0.2, 0.25) is 0 Å². The highest BCUT2D eigenvalue weighted by Crippen LogP contribution is 2.40. The first-order valence-electron chi connectivity index (χ1n) is 15.3. The second-order valence-corrected chi connectivity index (χ2v) is 11.1. The molecule has 2 aromatic carbocycles. The molecule has 0 saturated heterocycles. The molecule has 0 spiro atoms. The highest BCUT2D eigenvalue weighted by molar-refractivity contribution is 5.72. The average molecular weight is 523 g/mol. The molecule has 0 amide bonds. The Morgan fingerprint density at radius 2 is 1.24 bits per heavy atom. The Hall–Kier alpha value is -2.33. The zero-order valence-electron chi connectivity index (χ0n) is 23.9. The summed E-state index contributed by atoms with van der Waals surface area (Å²) >= 11 is 0. The zero-order chi connectivity index (χ0) is 27.1. The van der Waals surface area contributed by atoms with Crippen LogP contribution in [0, 0.1) is 5.92 Å². The molecule has 0 aromatic heterocycles. The van der Waals surface area contributed by atoms with Crippen molar-refractivity contribution in [3.8, 4) is 16.9 Å². The third-order valence-electron chi connectivity index (χ3n) is 8.01. The van der Waals surface area contributed by atoms with Crippen molar-refractivity contribution in [2.75, 3.05) is 13.2 Å². The van der Waals surface area contributed by atoms with Crippen molar-refractivity contribution in [2.24, 2.45) is 5.92 Å². The zero-order valence-corrected chi connectivity index (χ0v) is 23.9. The Kier molecular flexibility index (Phi) is 13.2. The van der Waals surface area contributed by atoms with Crippen LogP contribution in [0.25, 0.3) is 11.1 Å². The van der Waals surface area contributed by atoms with Gasteiger partial charge in [0.15, 0.2) is 0 Å². The molecule has 4 heteroatoms. The summed E-state index contributed by atoms with van der Waals surface area (Å²) in [5.74, 6) is 0.740. The van der Waals surface area contributed by atoms with E-state index in [4.69, 9.17) is 9.47 Å². The van der Waals surface area contributed by atoms with Crippen LogP contribution in [-0.2, 0) is 15.1 Å². The third kappa shape index (κ3) is 9.76. The Labute approximate surface area is 231 Å². The summed E-state index contributed by atoms with van der Waals surface area (Å²) in [6, 6.07) is 16.5. The SMILES string of the molecule is CCCCCCCCOc1ccc(-c2ccc(C3(O)CCC(C(=O)OCCCCCCC)CC3)cc2)cc1. The Bertz CT molecular complexity index is 911. The summed E-state index contributed by atoms with van der Waals surface area (Å²) in [6.45, 7) is 5.74. The molecule has 1 fully saturated rings. The maximum absolute atomic E-state index is 12.5. The number of hydrogen-bond acceptors (Lipinski definition) is 4. The first kappa shape index (κ1) is 30.2. The van der Waals surface area contributed by atoms with Crippen LogP contribution < -0.4 is 4.74 Å². The predicted octanol–water partition coefficient (Wildman–Crippen LogP) is 8.98. The number of carbonyl (C=O) groups excluding carboxylic acids is 1. The highest BCUT2D eigenvalue weighted by Gasteiger charge is 2.37. The Morgan fingerprint density at radius 1 is 0.737 bits per heavy atom.